The van der Waals surface area contributed by atoms with E-state index in [1.807, 2.05) is 13.8 Å². The molecule has 1 aromatic carbocycles. The molecule has 0 amide bonds. The third-order valence-electron chi connectivity index (χ3n) is 5.18. The lowest BCUT2D eigenvalue weighted by molar-refractivity contribution is 0.433. The Morgan fingerprint density at radius 3 is 2.67 bits per heavy atom. The SMILES string of the molecule is Cc1nc(-c2c(C)nc(-c3cccc(F)c3O)n(CCC3=CCCS3)c2=O)sc1C. The molecule has 0 spiro atoms. The van der Waals surface area contributed by atoms with Gasteiger partial charge < -0.3 is 5.11 Å². The number of rotatable bonds is 5. The molecule has 0 saturated heterocycles. The van der Waals surface area contributed by atoms with Crippen molar-refractivity contribution in [2.75, 3.05) is 5.75 Å². The zero-order chi connectivity index (χ0) is 21.4. The lowest BCUT2D eigenvalue weighted by atomic mass is 10.1. The van der Waals surface area contributed by atoms with Crippen molar-refractivity contribution in [3.05, 3.63) is 61.6 Å². The Morgan fingerprint density at radius 1 is 1.20 bits per heavy atom. The summed E-state index contributed by atoms with van der Waals surface area (Å²) >= 11 is 3.26. The van der Waals surface area contributed by atoms with Crippen LogP contribution in [0.2, 0.25) is 0 Å². The molecule has 5 nitrogen and oxygen atoms in total. The molecule has 1 aliphatic rings. The highest BCUT2D eigenvalue weighted by Gasteiger charge is 2.22. The van der Waals surface area contributed by atoms with Crippen molar-refractivity contribution in [2.24, 2.45) is 0 Å². The molecule has 0 atom stereocenters. The second-order valence-corrected chi connectivity index (χ2v) is 9.63. The van der Waals surface area contributed by atoms with Gasteiger partial charge in [0.1, 0.15) is 10.8 Å². The van der Waals surface area contributed by atoms with Crippen LogP contribution in [0.5, 0.6) is 5.75 Å². The minimum atomic E-state index is -0.741. The van der Waals surface area contributed by atoms with Gasteiger partial charge in [-0.25, -0.2) is 14.4 Å². The molecule has 30 heavy (non-hydrogen) atoms. The van der Waals surface area contributed by atoms with Gasteiger partial charge in [-0.1, -0.05) is 12.1 Å². The molecule has 4 rings (SSSR count). The van der Waals surface area contributed by atoms with Crippen LogP contribution in [0.4, 0.5) is 4.39 Å². The van der Waals surface area contributed by atoms with Crippen molar-refractivity contribution >= 4 is 23.1 Å². The van der Waals surface area contributed by atoms with Crippen LogP contribution in [-0.2, 0) is 6.54 Å². The predicted molar refractivity (Wildman–Crippen MR) is 121 cm³/mol. The van der Waals surface area contributed by atoms with E-state index >= 15 is 0 Å². The van der Waals surface area contributed by atoms with Gasteiger partial charge >= 0.3 is 0 Å². The maximum absolute atomic E-state index is 14.0. The van der Waals surface area contributed by atoms with E-state index in [9.17, 15) is 14.3 Å². The van der Waals surface area contributed by atoms with E-state index in [1.165, 1.54) is 28.4 Å². The fourth-order valence-electron chi connectivity index (χ4n) is 3.46. The van der Waals surface area contributed by atoms with Crippen LogP contribution >= 0.6 is 23.1 Å². The van der Waals surface area contributed by atoms with E-state index in [0.717, 1.165) is 22.7 Å². The summed E-state index contributed by atoms with van der Waals surface area (Å²) in [5.41, 5.74) is 1.85. The maximum Gasteiger partial charge on any atom is 0.264 e. The van der Waals surface area contributed by atoms with Gasteiger partial charge in [-0.05, 0) is 50.7 Å². The summed E-state index contributed by atoms with van der Waals surface area (Å²) in [5.74, 6) is 0.0828. The molecule has 2 aromatic heterocycles. The molecule has 8 heteroatoms. The van der Waals surface area contributed by atoms with Crippen LogP contribution in [0.15, 0.2) is 34.0 Å². The minimum Gasteiger partial charge on any atom is -0.504 e. The van der Waals surface area contributed by atoms with Gasteiger partial charge in [0.15, 0.2) is 11.6 Å². The first-order chi connectivity index (χ1) is 14.4. The lowest BCUT2D eigenvalue weighted by Crippen LogP contribution is -2.26. The average molecular weight is 444 g/mol. The fourth-order valence-corrected chi connectivity index (χ4v) is 5.43. The van der Waals surface area contributed by atoms with E-state index in [-0.39, 0.29) is 16.9 Å². The van der Waals surface area contributed by atoms with E-state index in [2.05, 4.69) is 16.0 Å². The summed E-state index contributed by atoms with van der Waals surface area (Å²) in [7, 11) is 0. The highest BCUT2D eigenvalue weighted by molar-refractivity contribution is 8.03. The van der Waals surface area contributed by atoms with E-state index in [1.54, 1.807) is 29.3 Å². The lowest BCUT2D eigenvalue weighted by Gasteiger charge is -2.16. The van der Waals surface area contributed by atoms with Gasteiger partial charge in [0.2, 0.25) is 0 Å². The number of hydrogen-bond donors (Lipinski definition) is 1. The van der Waals surface area contributed by atoms with Gasteiger partial charge in [-0.15, -0.1) is 23.1 Å². The van der Waals surface area contributed by atoms with Gasteiger partial charge in [-0.2, -0.15) is 0 Å². The molecule has 1 aliphatic heterocycles. The maximum atomic E-state index is 14.0. The van der Waals surface area contributed by atoms with E-state index in [4.69, 9.17) is 0 Å². The van der Waals surface area contributed by atoms with Crippen LogP contribution in [0, 0.1) is 26.6 Å². The summed E-state index contributed by atoms with van der Waals surface area (Å²) in [6.45, 7) is 6.04. The molecule has 0 fully saturated rings. The summed E-state index contributed by atoms with van der Waals surface area (Å²) in [4.78, 5) is 25.1. The average Bonchev–Trinajstić information content (AvgIpc) is 3.33. The van der Waals surface area contributed by atoms with Crippen LogP contribution in [0.1, 0.15) is 29.1 Å². The highest BCUT2D eigenvalue weighted by atomic mass is 32.2. The molecular formula is C22H22FN3O2S2. The molecule has 3 aromatic rings. The quantitative estimate of drug-likeness (QED) is 0.586. The summed E-state index contributed by atoms with van der Waals surface area (Å²) < 4.78 is 15.6. The van der Waals surface area contributed by atoms with E-state index < -0.39 is 11.6 Å². The molecule has 156 valence electrons. The number of aryl methyl sites for hydroxylation is 3. The Morgan fingerprint density at radius 2 is 2.00 bits per heavy atom. The largest absolute Gasteiger partial charge is 0.504 e. The van der Waals surface area contributed by atoms with Gasteiger partial charge in [0, 0.05) is 17.2 Å². The van der Waals surface area contributed by atoms with Gasteiger partial charge in [0.25, 0.3) is 5.56 Å². The molecule has 0 aliphatic carbocycles. The van der Waals surface area contributed by atoms with Gasteiger partial charge in [0.05, 0.1) is 22.5 Å². The molecule has 0 bridgehead atoms. The summed E-state index contributed by atoms with van der Waals surface area (Å²) in [6, 6.07) is 4.27. The topological polar surface area (TPSA) is 68.0 Å². The third-order valence-corrected chi connectivity index (χ3v) is 7.45. The van der Waals surface area contributed by atoms with Crippen molar-refractivity contribution in [3.63, 3.8) is 0 Å². The smallest absolute Gasteiger partial charge is 0.264 e. The van der Waals surface area contributed by atoms with Gasteiger partial charge in [-0.3, -0.25) is 9.36 Å². The zero-order valence-corrected chi connectivity index (χ0v) is 18.7. The number of benzene rings is 1. The monoisotopic (exact) mass is 443 g/mol. The number of nitrogens with zero attached hydrogens (tertiary/aromatic N) is 3. The van der Waals surface area contributed by atoms with Crippen LogP contribution < -0.4 is 5.56 Å². The first kappa shape index (κ1) is 20.8. The second kappa shape index (κ2) is 8.35. The number of aromatic hydroxyl groups is 1. The Labute approximate surface area is 182 Å². The number of halogens is 1. The zero-order valence-electron chi connectivity index (χ0n) is 17.0. The number of phenols is 1. The normalized spacial score (nSPS) is 13.7. The van der Waals surface area contributed by atoms with Crippen LogP contribution in [-0.4, -0.2) is 25.4 Å². The Balaban J connectivity index is 1.90. The Hall–Kier alpha value is -2.45. The second-order valence-electron chi connectivity index (χ2n) is 7.21. The summed E-state index contributed by atoms with van der Waals surface area (Å²) in [5, 5.41) is 10.9. The Bertz CT molecular complexity index is 1190. The first-order valence-electron chi connectivity index (χ1n) is 9.72. The molecule has 0 saturated carbocycles. The van der Waals surface area contributed by atoms with Crippen molar-refractivity contribution in [3.8, 4) is 27.7 Å². The highest BCUT2D eigenvalue weighted by Crippen LogP contribution is 2.33. The number of para-hydroxylation sites is 1. The van der Waals surface area contributed by atoms with Crippen molar-refractivity contribution in [1.29, 1.82) is 0 Å². The number of thioether (sulfide) groups is 1. The van der Waals surface area contributed by atoms with Crippen molar-refractivity contribution < 1.29 is 9.50 Å². The van der Waals surface area contributed by atoms with Crippen molar-refractivity contribution in [1.82, 2.24) is 14.5 Å². The van der Waals surface area contributed by atoms with Crippen LogP contribution in [0.3, 0.4) is 0 Å². The molecule has 0 unspecified atom stereocenters. The number of thiazole rings is 1. The fraction of sp³-hybridized carbons (Fsp3) is 0.318. The van der Waals surface area contributed by atoms with E-state index in [0.29, 0.717) is 29.2 Å². The summed E-state index contributed by atoms with van der Waals surface area (Å²) in [6.07, 6.45) is 3.90. The standard InChI is InChI=1S/C22H22FN3O2S2/c1-12-14(3)30-21(25-12)18-13(2)24-20(16-7-4-8-17(23)19(16)27)26(22(18)28)10-9-15-6-5-11-29-15/h4,6-8,27H,5,9-11H2,1-3H3. The minimum absolute atomic E-state index is 0.210. The molecular weight excluding hydrogens is 421 g/mol. The molecule has 0 radical (unpaired) electrons. The molecule has 1 N–H and O–H groups in total. The number of phenolic OH excluding ortho intramolecular Hbond substituents is 1. The molecule has 3 heterocycles. The van der Waals surface area contributed by atoms with Crippen LogP contribution in [0.25, 0.3) is 22.0 Å². The Kier molecular flexibility index (Phi) is 5.79. The third kappa shape index (κ3) is 3.81. The number of hydrogen-bond acceptors (Lipinski definition) is 6. The number of allylic oxidation sites excluding steroid dienone is 2. The van der Waals surface area contributed by atoms with Crippen molar-refractivity contribution in [2.45, 2.75) is 40.2 Å². The predicted octanol–water partition coefficient (Wildman–Crippen LogP) is 5.21. The first-order valence-corrected chi connectivity index (χ1v) is 11.5. The number of aromatic nitrogens is 3.